The standard InChI is InChI=1S/C11H19NO/c1-3-11(13)12-10-7-5-4-6-9(2)8-10/h3,9-10H,1,4-8H2,2H3,(H,12,13). The fourth-order valence-electron chi connectivity index (χ4n) is 2.00. The zero-order chi connectivity index (χ0) is 9.68. The lowest BCUT2D eigenvalue weighted by Gasteiger charge is -2.17. The van der Waals surface area contributed by atoms with Crippen molar-refractivity contribution in [1.29, 1.82) is 0 Å². The summed E-state index contributed by atoms with van der Waals surface area (Å²) in [5.74, 6) is 0.719. The Morgan fingerprint density at radius 3 is 2.85 bits per heavy atom. The summed E-state index contributed by atoms with van der Waals surface area (Å²) in [6.07, 6.45) is 7.47. The number of hydrogen-bond acceptors (Lipinski definition) is 1. The van der Waals surface area contributed by atoms with Crippen LogP contribution < -0.4 is 5.32 Å². The summed E-state index contributed by atoms with van der Waals surface area (Å²) in [4.78, 5) is 11.1. The Hall–Kier alpha value is -0.790. The molecule has 1 saturated carbocycles. The first kappa shape index (κ1) is 10.3. The van der Waals surface area contributed by atoms with Gasteiger partial charge >= 0.3 is 0 Å². The van der Waals surface area contributed by atoms with E-state index >= 15 is 0 Å². The van der Waals surface area contributed by atoms with Crippen LogP contribution in [0.4, 0.5) is 0 Å². The van der Waals surface area contributed by atoms with Gasteiger partial charge in [-0.15, -0.1) is 0 Å². The van der Waals surface area contributed by atoms with Crippen LogP contribution in [-0.4, -0.2) is 11.9 Å². The second-order valence-corrected chi connectivity index (χ2v) is 4.03. The maximum Gasteiger partial charge on any atom is 0.243 e. The molecule has 0 spiro atoms. The summed E-state index contributed by atoms with van der Waals surface area (Å²) in [5, 5.41) is 2.98. The van der Waals surface area contributed by atoms with Crippen LogP contribution in [0.3, 0.4) is 0 Å². The van der Waals surface area contributed by atoms with Gasteiger partial charge in [0, 0.05) is 6.04 Å². The topological polar surface area (TPSA) is 29.1 Å². The summed E-state index contributed by atoms with van der Waals surface area (Å²) < 4.78 is 0. The third kappa shape index (κ3) is 3.62. The predicted octanol–water partition coefficient (Wildman–Crippen LogP) is 2.26. The van der Waals surface area contributed by atoms with E-state index < -0.39 is 0 Å². The molecule has 0 radical (unpaired) electrons. The molecule has 1 aliphatic rings. The van der Waals surface area contributed by atoms with E-state index in [1.165, 1.54) is 25.3 Å². The molecule has 0 aromatic carbocycles. The van der Waals surface area contributed by atoms with Crippen molar-refractivity contribution in [2.75, 3.05) is 0 Å². The molecule has 1 aliphatic carbocycles. The molecule has 2 nitrogen and oxygen atoms in total. The Balaban J connectivity index is 2.38. The molecule has 0 aromatic heterocycles. The van der Waals surface area contributed by atoms with Crippen molar-refractivity contribution >= 4 is 5.91 Å². The summed E-state index contributed by atoms with van der Waals surface area (Å²) >= 11 is 0. The third-order valence-corrected chi connectivity index (χ3v) is 2.72. The molecular weight excluding hydrogens is 162 g/mol. The SMILES string of the molecule is C=CC(=O)NC1CCCCC(C)C1. The minimum absolute atomic E-state index is 0.0286. The molecule has 74 valence electrons. The molecule has 1 rings (SSSR count). The molecule has 2 heteroatoms. The summed E-state index contributed by atoms with van der Waals surface area (Å²) in [7, 11) is 0. The van der Waals surface area contributed by atoms with Crippen molar-refractivity contribution in [3.05, 3.63) is 12.7 Å². The van der Waals surface area contributed by atoms with Gasteiger partial charge in [-0.1, -0.05) is 32.8 Å². The van der Waals surface area contributed by atoms with Crippen molar-refractivity contribution in [2.45, 2.75) is 45.1 Å². The maximum atomic E-state index is 11.1. The van der Waals surface area contributed by atoms with E-state index in [2.05, 4.69) is 18.8 Å². The Morgan fingerprint density at radius 2 is 2.15 bits per heavy atom. The van der Waals surface area contributed by atoms with Crippen LogP contribution in [-0.2, 0) is 4.79 Å². The molecule has 0 saturated heterocycles. The normalized spacial score (nSPS) is 29.0. The van der Waals surface area contributed by atoms with E-state index in [0.29, 0.717) is 6.04 Å². The van der Waals surface area contributed by atoms with Crippen molar-refractivity contribution in [3.63, 3.8) is 0 Å². The van der Waals surface area contributed by atoms with Crippen LogP contribution in [0.2, 0.25) is 0 Å². The van der Waals surface area contributed by atoms with Gasteiger partial charge in [-0.25, -0.2) is 0 Å². The molecule has 1 fully saturated rings. The highest BCUT2D eigenvalue weighted by atomic mass is 16.1. The van der Waals surface area contributed by atoms with Gasteiger partial charge in [0.25, 0.3) is 0 Å². The van der Waals surface area contributed by atoms with E-state index in [9.17, 15) is 4.79 Å². The Kier molecular flexibility index (Phi) is 4.00. The number of carbonyl (C=O) groups excluding carboxylic acids is 1. The highest BCUT2D eigenvalue weighted by molar-refractivity contribution is 5.87. The Labute approximate surface area is 80.4 Å². The zero-order valence-electron chi connectivity index (χ0n) is 8.38. The van der Waals surface area contributed by atoms with Crippen LogP contribution >= 0.6 is 0 Å². The summed E-state index contributed by atoms with van der Waals surface area (Å²) in [6.45, 7) is 5.72. The quantitative estimate of drug-likeness (QED) is 0.514. The van der Waals surface area contributed by atoms with E-state index in [0.717, 1.165) is 18.8 Å². The minimum atomic E-state index is -0.0286. The van der Waals surface area contributed by atoms with Gasteiger partial charge in [-0.2, -0.15) is 0 Å². The third-order valence-electron chi connectivity index (χ3n) is 2.72. The Bertz CT molecular complexity index is 189. The van der Waals surface area contributed by atoms with E-state index in [-0.39, 0.29) is 5.91 Å². The average Bonchev–Trinajstić information content (AvgIpc) is 2.30. The van der Waals surface area contributed by atoms with E-state index in [1.54, 1.807) is 0 Å². The lowest BCUT2D eigenvalue weighted by Crippen LogP contribution is -2.34. The molecular formula is C11H19NO. The van der Waals surface area contributed by atoms with Crippen molar-refractivity contribution < 1.29 is 4.79 Å². The largest absolute Gasteiger partial charge is 0.350 e. The van der Waals surface area contributed by atoms with Gasteiger partial charge in [-0.05, 0) is 24.8 Å². The van der Waals surface area contributed by atoms with Gasteiger partial charge in [-0.3, -0.25) is 4.79 Å². The molecule has 0 heterocycles. The molecule has 0 aliphatic heterocycles. The van der Waals surface area contributed by atoms with Gasteiger partial charge in [0.15, 0.2) is 0 Å². The van der Waals surface area contributed by atoms with Crippen LogP contribution in [0.25, 0.3) is 0 Å². The minimum Gasteiger partial charge on any atom is -0.350 e. The first-order chi connectivity index (χ1) is 6.22. The molecule has 1 N–H and O–H groups in total. The van der Waals surface area contributed by atoms with Crippen molar-refractivity contribution in [1.82, 2.24) is 5.32 Å². The number of hydrogen-bond donors (Lipinski definition) is 1. The number of carbonyl (C=O) groups is 1. The van der Waals surface area contributed by atoms with Crippen LogP contribution in [0, 0.1) is 5.92 Å². The van der Waals surface area contributed by atoms with Gasteiger partial charge in [0.1, 0.15) is 0 Å². The summed E-state index contributed by atoms with van der Waals surface area (Å²) in [6, 6.07) is 0.378. The predicted molar refractivity (Wildman–Crippen MR) is 54.4 cm³/mol. The molecule has 1 amide bonds. The second-order valence-electron chi connectivity index (χ2n) is 4.03. The number of rotatable bonds is 2. The van der Waals surface area contributed by atoms with Gasteiger partial charge in [0.2, 0.25) is 5.91 Å². The molecule has 13 heavy (non-hydrogen) atoms. The molecule has 2 atom stereocenters. The molecule has 0 aromatic rings. The monoisotopic (exact) mass is 181 g/mol. The highest BCUT2D eigenvalue weighted by Crippen LogP contribution is 2.22. The molecule has 0 bridgehead atoms. The molecule has 2 unspecified atom stereocenters. The smallest absolute Gasteiger partial charge is 0.243 e. The van der Waals surface area contributed by atoms with Gasteiger partial charge < -0.3 is 5.32 Å². The Morgan fingerprint density at radius 1 is 1.46 bits per heavy atom. The lowest BCUT2D eigenvalue weighted by atomic mass is 10.0. The highest BCUT2D eigenvalue weighted by Gasteiger charge is 2.17. The van der Waals surface area contributed by atoms with Gasteiger partial charge in [0.05, 0.1) is 0 Å². The van der Waals surface area contributed by atoms with Crippen molar-refractivity contribution in [2.24, 2.45) is 5.92 Å². The number of nitrogens with one attached hydrogen (secondary N) is 1. The van der Waals surface area contributed by atoms with E-state index in [1.807, 2.05) is 0 Å². The first-order valence-electron chi connectivity index (χ1n) is 5.15. The average molecular weight is 181 g/mol. The van der Waals surface area contributed by atoms with Crippen LogP contribution in [0.15, 0.2) is 12.7 Å². The maximum absolute atomic E-state index is 11.1. The van der Waals surface area contributed by atoms with Crippen molar-refractivity contribution in [3.8, 4) is 0 Å². The second kappa shape index (κ2) is 5.05. The number of amides is 1. The first-order valence-corrected chi connectivity index (χ1v) is 5.15. The fourth-order valence-corrected chi connectivity index (χ4v) is 2.00. The summed E-state index contributed by atoms with van der Waals surface area (Å²) in [5.41, 5.74) is 0. The fraction of sp³-hybridized carbons (Fsp3) is 0.727. The zero-order valence-corrected chi connectivity index (χ0v) is 8.38. The van der Waals surface area contributed by atoms with E-state index in [4.69, 9.17) is 0 Å². The van der Waals surface area contributed by atoms with Crippen LogP contribution in [0.1, 0.15) is 39.0 Å². The lowest BCUT2D eigenvalue weighted by molar-refractivity contribution is -0.117. The van der Waals surface area contributed by atoms with Crippen LogP contribution in [0.5, 0.6) is 0 Å².